The molecule has 4 heterocycles. The minimum Gasteiger partial charge on any atom is -0.493 e. The van der Waals surface area contributed by atoms with E-state index in [0.29, 0.717) is 71.8 Å². The van der Waals surface area contributed by atoms with Gasteiger partial charge in [-0.2, -0.15) is 13.2 Å². The zero-order valence-electron chi connectivity index (χ0n) is 18.7. The summed E-state index contributed by atoms with van der Waals surface area (Å²) in [6.07, 6.45) is -0.938. The number of benzene rings is 1. The van der Waals surface area contributed by atoms with Crippen molar-refractivity contribution in [2.45, 2.75) is 32.0 Å². The molecule has 0 saturated carbocycles. The molecule has 0 spiro atoms. The van der Waals surface area contributed by atoms with Gasteiger partial charge in [0.25, 0.3) is 0 Å². The molecule has 1 aromatic carbocycles. The van der Waals surface area contributed by atoms with Crippen molar-refractivity contribution in [2.75, 3.05) is 37.3 Å². The van der Waals surface area contributed by atoms with Crippen LogP contribution in [0.25, 0.3) is 10.9 Å². The number of nitrogens with zero attached hydrogens (tertiary/aromatic N) is 3. The van der Waals surface area contributed by atoms with Crippen LogP contribution in [0, 0.1) is 0 Å². The van der Waals surface area contributed by atoms with Crippen molar-refractivity contribution in [2.24, 2.45) is 0 Å². The van der Waals surface area contributed by atoms with Gasteiger partial charge in [0.1, 0.15) is 30.0 Å². The van der Waals surface area contributed by atoms with Gasteiger partial charge in [0, 0.05) is 42.8 Å². The van der Waals surface area contributed by atoms with Gasteiger partial charge in [-0.05, 0) is 25.5 Å². The number of halogens is 3. The van der Waals surface area contributed by atoms with Crippen LogP contribution in [0.5, 0.6) is 5.75 Å². The minimum absolute atomic E-state index is 0.109. The Labute approximate surface area is 194 Å². The standard InChI is InChI=1S/C23H25F3N5O2P/c1-14-15-4-2-5-17(23(24,25)26)21(15)33-9-3-6-19-30-18-13-28-20(12-16(18)22(29-14)31-19)34(32)10-7-27-8-11-34/h2,4-5,12-14,27H,3,6-11H2,1H3,(H,29,30,31)/t14-/m1/s1. The maximum atomic E-state index is 13.7. The third-order valence-corrected chi connectivity index (χ3v) is 9.26. The summed E-state index contributed by atoms with van der Waals surface area (Å²) in [6, 6.07) is 5.30. The van der Waals surface area contributed by atoms with Crippen LogP contribution in [-0.4, -0.2) is 47.0 Å². The average Bonchev–Trinajstić information content (AvgIpc) is 2.83. The Bertz CT molecular complexity index is 1270. The van der Waals surface area contributed by atoms with E-state index >= 15 is 0 Å². The van der Waals surface area contributed by atoms with Crippen molar-refractivity contribution in [1.29, 1.82) is 0 Å². The lowest BCUT2D eigenvalue weighted by Crippen LogP contribution is -2.33. The van der Waals surface area contributed by atoms with Crippen molar-refractivity contribution in [1.82, 2.24) is 20.3 Å². The molecule has 2 aliphatic rings. The van der Waals surface area contributed by atoms with Crippen LogP contribution in [-0.2, 0) is 17.2 Å². The molecule has 34 heavy (non-hydrogen) atoms. The highest BCUT2D eigenvalue weighted by Crippen LogP contribution is 2.45. The summed E-state index contributed by atoms with van der Waals surface area (Å²) in [5.74, 6) is 0.878. The van der Waals surface area contributed by atoms with Crippen molar-refractivity contribution < 1.29 is 22.5 Å². The Hall–Kier alpha value is -2.71. The van der Waals surface area contributed by atoms with E-state index in [1.165, 1.54) is 6.07 Å². The van der Waals surface area contributed by atoms with Crippen LogP contribution in [0.3, 0.4) is 0 Å². The molecule has 2 N–H and O–H groups in total. The molecule has 1 saturated heterocycles. The molecule has 1 atom stereocenters. The first kappa shape index (κ1) is 23.1. The second-order valence-electron chi connectivity index (χ2n) is 8.67. The molecule has 7 nitrogen and oxygen atoms in total. The van der Waals surface area contributed by atoms with Gasteiger partial charge in [-0.3, -0.25) is 4.98 Å². The molecule has 2 aliphatic heterocycles. The fourth-order valence-corrected chi connectivity index (χ4v) is 6.82. The topological polar surface area (TPSA) is 89.0 Å². The predicted octanol–water partition coefficient (Wildman–Crippen LogP) is 4.13. The van der Waals surface area contributed by atoms with E-state index in [1.54, 1.807) is 25.3 Å². The summed E-state index contributed by atoms with van der Waals surface area (Å²) in [5, 5.41) is 7.15. The van der Waals surface area contributed by atoms with Gasteiger partial charge in [0.15, 0.2) is 0 Å². The van der Waals surface area contributed by atoms with Crippen LogP contribution in [0.15, 0.2) is 30.5 Å². The Balaban J connectivity index is 1.61. The number of ether oxygens (including phenoxy) is 1. The average molecular weight is 491 g/mol. The second kappa shape index (κ2) is 8.82. The Morgan fingerprint density at radius 1 is 1.18 bits per heavy atom. The van der Waals surface area contributed by atoms with Crippen LogP contribution in [0.2, 0.25) is 0 Å². The lowest BCUT2D eigenvalue weighted by Gasteiger charge is -2.24. The highest BCUT2D eigenvalue weighted by molar-refractivity contribution is 7.71. The number of fused-ring (bicyclic) bond motifs is 5. The van der Waals surface area contributed by atoms with E-state index < -0.39 is 24.9 Å². The molecular formula is C23H25F3N5O2P. The first-order valence-electron chi connectivity index (χ1n) is 11.3. The monoisotopic (exact) mass is 491 g/mol. The fraction of sp³-hybridized carbons (Fsp3) is 0.435. The van der Waals surface area contributed by atoms with Gasteiger partial charge in [0.05, 0.1) is 29.9 Å². The zero-order chi connectivity index (χ0) is 23.9. The molecular weight excluding hydrogens is 466 g/mol. The predicted molar refractivity (Wildman–Crippen MR) is 124 cm³/mol. The van der Waals surface area contributed by atoms with E-state index in [0.717, 1.165) is 6.07 Å². The van der Waals surface area contributed by atoms with Gasteiger partial charge in [-0.1, -0.05) is 12.1 Å². The second-order valence-corrected chi connectivity index (χ2v) is 11.8. The molecule has 0 unspecified atom stereocenters. The molecule has 5 rings (SSSR count). The fourth-order valence-electron chi connectivity index (χ4n) is 4.47. The molecule has 2 aromatic heterocycles. The quantitative estimate of drug-likeness (QED) is 0.495. The van der Waals surface area contributed by atoms with E-state index in [-0.39, 0.29) is 12.4 Å². The summed E-state index contributed by atoms with van der Waals surface area (Å²) in [6.45, 7) is 3.22. The number of para-hydroxylation sites is 1. The highest BCUT2D eigenvalue weighted by Gasteiger charge is 2.36. The Morgan fingerprint density at radius 3 is 2.74 bits per heavy atom. The number of hydrogen-bond acceptors (Lipinski definition) is 7. The maximum Gasteiger partial charge on any atom is 0.419 e. The van der Waals surface area contributed by atoms with E-state index in [2.05, 4.69) is 25.6 Å². The number of anilines is 1. The van der Waals surface area contributed by atoms with Gasteiger partial charge in [-0.25, -0.2) is 9.97 Å². The first-order valence-corrected chi connectivity index (χ1v) is 13.4. The number of aryl methyl sites for hydroxylation is 1. The van der Waals surface area contributed by atoms with Gasteiger partial charge < -0.3 is 19.9 Å². The first-order chi connectivity index (χ1) is 16.2. The highest BCUT2D eigenvalue weighted by atomic mass is 31.2. The minimum atomic E-state index is -4.53. The summed E-state index contributed by atoms with van der Waals surface area (Å²) in [5.41, 5.74) is 0.747. The van der Waals surface area contributed by atoms with Gasteiger partial charge in [-0.15, -0.1) is 0 Å². The molecule has 3 aromatic rings. The van der Waals surface area contributed by atoms with Crippen molar-refractivity contribution in [3.05, 3.63) is 47.4 Å². The van der Waals surface area contributed by atoms with Crippen LogP contribution in [0.4, 0.5) is 19.0 Å². The molecule has 2 bridgehead atoms. The molecule has 0 amide bonds. The van der Waals surface area contributed by atoms with E-state index in [4.69, 9.17) is 4.74 Å². The summed E-state index contributed by atoms with van der Waals surface area (Å²) in [4.78, 5) is 13.8. The third kappa shape index (κ3) is 4.36. The third-order valence-electron chi connectivity index (χ3n) is 6.29. The number of rotatable bonds is 1. The number of nitrogens with one attached hydrogen (secondary N) is 2. The largest absolute Gasteiger partial charge is 0.493 e. The number of pyridine rings is 1. The summed E-state index contributed by atoms with van der Waals surface area (Å²) < 4.78 is 60.2. The SMILES string of the molecule is C[C@H]1Nc2nc(nc3cnc(P4(=O)CCNCC4)cc23)CCCOc2c1cccc2C(F)(F)F. The number of hydrogen-bond donors (Lipinski definition) is 2. The number of aromatic nitrogens is 3. The maximum absolute atomic E-state index is 13.7. The lowest BCUT2D eigenvalue weighted by molar-refractivity contribution is -0.139. The van der Waals surface area contributed by atoms with Gasteiger partial charge >= 0.3 is 6.18 Å². The molecule has 180 valence electrons. The molecule has 0 aliphatic carbocycles. The van der Waals surface area contributed by atoms with E-state index in [1.807, 2.05) is 0 Å². The van der Waals surface area contributed by atoms with Crippen LogP contribution < -0.4 is 20.8 Å². The molecule has 0 radical (unpaired) electrons. The Kier molecular flexibility index (Phi) is 5.98. The van der Waals surface area contributed by atoms with Crippen molar-refractivity contribution in [3.63, 3.8) is 0 Å². The lowest BCUT2D eigenvalue weighted by atomic mass is 10.0. The van der Waals surface area contributed by atoms with Crippen molar-refractivity contribution in [3.8, 4) is 5.75 Å². The van der Waals surface area contributed by atoms with Crippen LogP contribution in [0.1, 0.15) is 36.3 Å². The van der Waals surface area contributed by atoms with Crippen LogP contribution >= 0.6 is 7.14 Å². The van der Waals surface area contributed by atoms with Gasteiger partial charge in [0.2, 0.25) is 0 Å². The smallest absolute Gasteiger partial charge is 0.419 e. The normalized spacial score (nSPS) is 20.5. The number of alkyl halides is 3. The molecule has 11 heteroatoms. The summed E-state index contributed by atoms with van der Waals surface area (Å²) in [7, 11) is -2.63. The van der Waals surface area contributed by atoms with Crippen molar-refractivity contribution >= 4 is 29.3 Å². The zero-order valence-corrected chi connectivity index (χ0v) is 19.5. The Morgan fingerprint density at radius 2 is 1.97 bits per heavy atom. The molecule has 1 fully saturated rings. The summed E-state index contributed by atoms with van der Waals surface area (Å²) >= 11 is 0. The van der Waals surface area contributed by atoms with E-state index in [9.17, 15) is 17.7 Å².